The number of carbonyl (C=O) groups excluding carboxylic acids is 3. The third-order valence-corrected chi connectivity index (χ3v) is 6.81. The maximum atomic E-state index is 14.4. The summed E-state index contributed by atoms with van der Waals surface area (Å²) in [5.74, 6) is -0.662. The average molecular weight is 515 g/mol. The predicted molar refractivity (Wildman–Crippen MR) is 139 cm³/mol. The lowest BCUT2D eigenvalue weighted by molar-refractivity contribution is -0.137. The van der Waals surface area contributed by atoms with Gasteiger partial charge in [0, 0.05) is 52.9 Å². The molecule has 4 aromatic rings. The number of amides is 2. The van der Waals surface area contributed by atoms with Crippen LogP contribution in [0, 0.1) is 13.8 Å². The van der Waals surface area contributed by atoms with Crippen LogP contribution in [-0.4, -0.2) is 60.8 Å². The van der Waals surface area contributed by atoms with Gasteiger partial charge in [-0.2, -0.15) is 0 Å². The second-order valence-electron chi connectivity index (χ2n) is 9.59. The summed E-state index contributed by atoms with van der Waals surface area (Å²) in [5, 5.41) is 0.575. The van der Waals surface area contributed by atoms with Gasteiger partial charge in [0.15, 0.2) is 5.78 Å². The summed E-state index contributed by atoms with van der Waals surface area (Å²) in [6.45, 7) is 3.29. The summed E-state index contributed by atoms with van der Waals surface area (Å²) in [5.41, 5.74) is 9.44. The number of benzene rings is 1. The van der Waals surface area contributed by atoms with Crippen LogP contribution in [0.5, 0.6) is 0 Å². The number of likely N-dealkylation sites (tertiary alicyclic amines) is 1. The molecule has 0 aliphatic carbocycles. The minimum Gasteiger partial charge on any atom is -0.366 e. The van der Waals surface area contributed by atoms with Crippen molar-refractivity contribution < 1.29 is 18.8 Å². The van der Waals surface area contributed by atoms with Crippen LogP contribution in [0.4, 0.5) is 4.39 Å². The van der Waals surface area contributed by atoms with E-state index in [4.69, 9.17) is 5.73 Å². The number of hydrogen-bond acceptors (Lipinski definition) is 6. The van der Waals surface area contributed by atoms with E-state index in [1.165, 1.54) is 11.1 Å². The molecule has 1 aromatic carbocycles. The molecule has 5 rings (SSSR count). The Bertz CT molecular complexity index is 1550. The van der Waals surface area contributed by atoms with Crippen LogP contribution in [0.1, 0.15) is 34.0 Å². The first kappa shape index (κ1) is 25.2. The molecule has 0 bridgehead atoms. The number of pyridine rings is 1. The van der Waals surface area contributed by atoms with Gasteiger partial charge in [-0.25, -0.2) is 14.4 Å². The number of ketones is 1. The highest BCUT2D eigenvalue weighted by molar-refractivity contribution is 6.07. The van der Waals surface area contributed by atoms with Gasteiger partial charge in [-0.05, 0) is 43.7 Å². The van der Waals surface area contributed by atoms with Crippen molar-refractivity contribution in [1.82, 2.24) is 24.4 Å². The van der Waals surface area contributed by atoms with E-state index in [-0.39, 0.29) is 37.3 Å². The maximum absolute atomic E-state index is 14.4. The average Bonchev–Trinajstić information content (AvgIpc) is 3.45. The first-order valence-corrected chi connectivity index (χ1v) is 12.3. The lowest BCUT2D eigenvalue weighted by Gasteiger charge is -2.24. The van der Waals surface area contributed by atoms with Crippen molar-refractivity contribution >= 4 is 28.5 Å². The molecule has 3 aromatic heterocycles. The summed E-state index contributed by atoms with van der Waals surface area (Å²) in [6.07, 6.45) is 3.59. The monoisotopic (exact) mass is 514 g/mol. The van der Waals surface area contributed by atoms with Crippen LogP contribution >= 0.6 is 0 Å². The molecule has 4 heterocycles. The van der Waals surface area contributed by atoms with Crippen molar-refractivity contribution in [2.24, 2.45) is 5.73 Å². The number of nitrogens with two attached hydrogens (primary N) is 1. The van der Waals surface area contributed by atoms with Gasteiger partial charge in [-0.3, -0.25) is 19.4 Å². The number of nitrogens with zero attached hydrogens (tertiary/aromatic N) is 5. The van der Waals surface area contributed by atoms with E-state index in [1.54, 1.807) is 42.1 Å². The van der Waals surface area contributed by atoms with E-state index in [0.29, 0.717) is 22.4 Å². The Kier molecular flexibility index (Phi) is 6.71. The molecule has 1 aliphatic heterocycles. The molecule has 0 saturated carbocycles. The second-order valence-corrected chi connectivity index (χ2v) is 9.59. The van der Waals surface area contributed by atoms with E-state index in [1.807, 2.05) is 25.1 Å². The molecule has 0 radical (unpaired) electrons. The number of alkyl halides is 1. The van der Waals surface area contributed by atoms with Crippen molar-refractivity contribution in [2.45, 2.75) is 45.4 Å². The zero-order chi connectivity index (χ0) is 27.0. The highest BCUT2D eigenvalue weighted by Gasteiger charge is 2.39. The number of carbonyl (C=O) groups is 3. The Hall–Kier alpha value is -4.47. The van der Waals surface area contributed by atoms with Gasteiger partial charge in [-0.15, -0.1) is 0 Å². The first-order valence-electron chi connectivity index (χ1n) is 12.3. The Labute approximate surface area is 218 Å². The number of aromatic nitrogens is 4. The van der Waals surface area contributed by atoms with E-state index in [9.17, 15) is 18.8 Å². The van der Waals surface area contributed by atoms with Gasteiger partial charge >= 0.3 is 0 Å². The van der Waals surface area contributed by atoms with E-state index in [2.05, 4.69) is 15.0 Å². The highest BCUT2D eigenvalue weighted by Crippen LogP contribution is 2.29. The van der Waals surface area contributed by atoms with Gasteiger partial charge in [0.1, 0.15) is 18.5 Å². The SMILES string of the molecule is Cc1cccc(CC(=O)[C@H]2C[C@@H](F)CN2C(=O)Cn2cc(C(N)=O)c3cc(-c4cnc(C)nc4)ccc32)n1. The lowest BCUT2D eigenvalue weighted by atomic mass is 10.0. The molecule has 10 heteroatoms. The molecule has 2 atom stereocenters. The number of aryl methyl sites for hydroxylation is 2. The first-order chi connectivity index (χ1) is 18.2. The second kappa shape index (κ2) is 10.1. The van der Waals surface area contributed by atoms with Crippen molar-refractivity contribution in [1.29, 1.82) is 0 Å². The Balaban J connectivity index is 1.41. The number of rotatable bonds is 7. The van der Waals surface area contributed by atoms with Crippen LogP contribution < -0.4 is 5.73 Å². The van der Waals surface area contributed by atoms with Crippen LogP contribution in [0.2, 0.25) is 0 Å². The van der Waals surface area contributed by atoms with Crippen molar-refractivity contribution in [3.63, 3.8) is 0 Å². The fraction of sp³-hybridized carbons (Fsp3) is 0.286. The van der Waals surface area contributed by atoms with E-state index < -0.39 is 24.0 Å². The third-order valence-electron chi connectivity index (χ3n) is 6.81. The molecule has 2 amide bonds. The minimum absolute atomic E-state index is 0.0205. The molecule has 1 fully saturated rings. The van der Waals surface area contributed by atoms with E-state index in [0.717, 1.165) is 16.8 Å². The molecule has 38 heavy (non-hydrogen) atoms. The molecule has 194 valence electrons. The molecule has 0 unspecified atom stereocenters. The minimum atomic E-state index is -1.29. The van der Waals surface area contributed by atoms with Crippen molar-refractivity contribution in [2.75, 3.05) is 6.54 Å². The summed E-state index contributed by atoms with van der Waals surface area (Å²) < 4.78 is 16.1. The number of Topliss-reactive ketones (excluding diaryl/α,β-unsaturated/α-hetero) is 1. The van der Waals surface area contributed by atoms with Crippen LogP contribution in [0.15, 0.2) is 55.0 Å². The number of hydrogen-bond donors (Lipinski definition) is 1. The van der Waals surface area contributed by atoms with Crippen molar-refractivity contribution in [3.05, 3.63) is 77.8 Å². The smallest absolute Gasteiger partial charge is 0.250 e. The van der Waals surface area contributed by atoms with Crippen molar-refractivity contribution in [3.8, 4) is 11.1 Å². The topological polar surface area (TPSA) is 124 Å². The zero-order valence-electron chi connectivity index (χ0n) is 21.1. The quantitative estimate of drug-likeness (QED) is 0.404. The zero-order valence-corrected chi connectivity index (χ0v) is 21.1. The van der Waals surface area contributed by atoms with Gasteiger partial charge in [0.05, 0.1) is 24.6 Å². The summed E-state index contributed by atoms with van der Waals surface area (Å²) in [4.78, 5) is 52.8. The van der Waals surface area contributed by atoms with Crippen LogP contribution in [-0.2, 0) is 22.6 Å². The lowest BCUT2D eigenvalue weighted by Crippen LogP contribution is -2.42. The Morgan fingerprint density at radius 2 is 1.84 bits per heavy atom. The fourth-order valence-corrected chi connectivity index (χ4v) is 4.94. The standard InChI is InChI=1S/C28H27FN6O3/c1-16-4-3-5-21(33-16)10-26(36)25-9-20(29)13-35(25)27(37)15-34-14-23(28(30)38)22-8-18(6-7-24(22)34)19-11-31-17(2)32-12-19/h3-8,11-12,14,20,25H,9-10,13,15H2,1-2H3,(H2,30,38)/t20-,25-/m1/s1. The number of primary amides is 1. The number of fused-ring (bicyclic) bond motifs is 1. The summed E-state index contributed by atoms with van der Waals surface area (Å²) >= 11 is 0. The van der Waals surface area contributed by atoms with Crippen LogP contribution in [0.25, 0.3) is 22.0 Å². The highest BCUT2D eigenvalue weighted by atomic mass is 19.1. The Morgan fingerprint density at radius 1 is 1.08 bits per heavy atom. The molecule has 0 spiro atoms. The molecule has 2 N–H and O–H groups in total. The molecular formula is C28H27FN6O3. The van der Waals surface area contributed by atoms with Gasteiger partial charge in [0.25, 0.3) is 5.91 Å². The molecule has 1 saturated heterocycles. The molecular weight excluding hydrogens is 487 g/mol. The Morgan fingerprint density at radius 3 is 2.55 bits per heavy atom. The van der Waals surface area contributed by atoms with Gasteiger partial charge in [-0.1, -0.05) is 12.1 Å². The molecule has 1 aliphatic rings. The third kappa shape index (κ3) is 5.02. The fourth-order valence-electron chi connectivity index (χ4n) is 4.94. The largest absolute Gasteiger partial charge is 0.366 e. The van der Waals surface area contributed by atoms with Gasteiger partial charge < -0.3 is 15.2 Å². The van der Waals surface area contributed by atoms with Gasteiger partial charge in [0.2, 0.25) is 5.91 Å². The summed E-state index contributed by atoms with van der Waals surface area (Å²) in [6, 6.07) is 9.95. The van der Waals surface area contributed by atoms with E-state index >= 15 is 0 Å². The normalized spacial score (nSPS) is 17.2. The molecule has 9 nitrogen and oxygen atoms in total. The summed E-state index contributed by atoms with van der Waals surface area (Å²) in [7, 11) is 0. The van der Waals surface area contributed by atoms with Crippen LogP contribution in [0.3, 0.4) is 0 Å². The number of halogens is 1. The predicted octanol–water partition coefficient (Wildman–Crippen LogP) is 2.96. The maximum Gasteiger partial charge on any atom is 0.250 e.